The van der Waals surface area contributed by atoms with Crippen molar-refractivity contribution in [3.05, 3.63) is 11.9 Å². The summed E-state index contributed by atoms with van der Waals surface area (Å²) < 4.78 is 2.05. The van der Waals surface area contributed by atoms with Gasteiger partial charge in [-0.05, 0) is 26.2 Å². The Labute approximate surface area is 72.8 Å². The molecule has 3 heteroatoms. The summed E-state index contributed by atoms with van der Waals surface area (Å²) in [4.78, 5) is 4.38. The number of anilines is 1. The van der Waals surface area contributed by atoms with Crippen molar-refractivity contribution in [2.75, 3.05) is 5.32 Å². The molecule has 1 N–H and O–H groups in total. The highest BCUT2D eigenvalue weighted by Gasteiger charge is 2.18. The molecule has 1 aromatic rings. The summed E-state index contributed by atoms with van der Waals surface area (Å²) in [5.41, 5.74) is 1.08. The maximum absolute atomic E-state index is 4.38. The lowest BCUT2D eigenvalue weighted by atomic mass is 9.93. The zero-order valence-corrected chi connectivity index (χ0v) is 7.67. The first-order valence-electron chi connectivity index (χ1n) is 4.52. The molecule has 0 spiro atoms. The molecule has 0 amide bonds. The third-order valence-corrected chi connectivity index (χ3v) is 2.44. The summed E-state index contributed by atoms with van der Waals surface area (Å²) in [6.45, 7) is 2.02. The van der Waals surface area contributed by atoms with Gasteiger partial charge >= 0.3 is 0 Å². The molecule has 1 saturated carbocycles. The summed E-state index contributed by atoms with van der Waals surface area (Å²) in [6, 6.07) is 0.672. The molecule has 3 nitrogen and oxygen atoms in total. The Bertz CT molecular complexity index is 273. The number of nitrogens with one attached hydrogen (secondary N) is 1. The van der Waals surface area contributed by atoms with Gasteiger partial charge in [0.1, 0.15) is 0 Å². The molecule has 0 bridgehead atoms. The van der Waals surface area contributed by atoms with Gasteiger partial charge in [-0.2, -0.15) is 0 Å². The number of aromatic nitrogens is 2. The van der Waals surface area contributed by atoms with E-state index in [1.165, 1.54) is 19.3 Å². The van der Waals surface area contributed by atoms with E-state index < -0.39 is 0 Å². The molecule has 0 saturated heterocycles. The lowest BCUT2D eigenvalue weighted by Crippen LogP contribution is -2.28. The number of imidazole rings is 1. The normalized spacial score (nSPS) is 17.5. The number of hydrogen-bond acceptors (Lipinski definition) is 2. The molecule has 66 valence electrons. The fourth-order valence-corrected chi connectivity index (χ4v) is 1.49. The highest BCUT2D eigenvalue weighted by molar-refractivity contribution is 5.30. The zero-order valence-electron chi connectivity index (χ0n) is 7.67. The van der Waals surface area contributed by atoms with Crippen LogP contribution >= 0.6 is 0 Å². The van der Waals surface area contributed by atoms with Crippen molar-refractivity contribution in [1.29, 1.82) is 0 Å². The van der Waals surface area contributed by atoms with E-state index in [1.807, 2.05) is 24.7 Å². The molecule has 1 fully saturated rings. The van der Waals surface area contributed by atoms with E-state index in [0.29, 0.717) is 6.04 Å². The molecule has 1 aliphatic carbocycles. The second-order valence-corrected chi connectivity index (χ2v) is 3.59. The molecule has 2 rings (SSSR count). The van der Waals surface area contributed by atoms with E-state index in [1.54, 1.807) is 0 Å². The van der Waals surface area contributed by atoms with Crippen LogP contribution in [0.4, 0.5) is 5.95 Å². The molecular formula is C9H15N3. The van der Waals surface area contributed by atoms with Crippen molar-refractivity contribution in [3.8, 4) is 0 Å². The highest BCUT2D eigenvalue weighted by atomic mass is 15.2. The van der Waals surface area contributed by atoms with Gasteiger partial charge in [-0.3, -0.25) is 0 Å². The lowest BCUT2D eigenvalue weighted by Gasteiger charge is -2.26. The second-order valence-electron chi connectivity index (χ2n) is 3.59. The van der Waals surface area contributed by atoms with E-state index in [-0.39, 0.29) is 0 Å². The predicted octanol–water partition coefficient (Wildman–Crippen LogP) is 1.69. The molecule has 12 heavy (non-hydrogen) atoms. The van der Waals surface area contributed by atoms with Crippen molar-refractivity contribution >= 4 is 5.95 Å². The van der Waals surface area contributed by atoms with Gasteiger partial charge in [0.05, 0.1) is 5.69 Å². The minimum Gasteiger partial charge on any atom is -0.353 e. The third-order valence-electron chi connectivity index (χ3n) is 2.44. The van der Waals surface area contributed by atoms with Crippen molar-refractivity contribution < 1.29 is 0 Å². The summed E-state index contributed by atoms with van der Waals surface area (Å²) >= 11 is 0. The van der Waals surface area contributed by atoms with Crippen LogP contribution in [0, 0.1) is 6.92 Å². The van der Waals surface area contributed by atoms with Gasteiger partial charge in [0, 0.05) is 19.3 Å². The molecule has 1 aromatic heterocycles. The smallest absolute Gasteiger partial charge is 0.202 e. The predicted molar refractivity (Wildman–Crippen MR) is 49.2 cm³/mol. The highest BCUT2D eigenvalue weighted by Crippen LogP contribution is 2.22. The summed E-state index contributed by atoms with van der Waals surface area (Å²) in [6.07, 6.45) is 6.00. The number of rotatable bonds is 2. The quantitative estimate of drug-likeness (QED) is 0.722. The topological polar surface area (TPSA) is 29.9 Å². The maximum atomic E-state index is 4.38. The van der Waals surface area contributed by atoms with Gasteiger partial charge in [0.25, 0.3) is 0 Å². The van der Waals surface area contributed by atoms with Crippen molar-refractivity contribution in [3.63, 3.8) is 0 Å². The third kappa shape index (κ3) is 1.31. The minimum atomic E-state index is 0.672. The Morgan fingerprint density at radius 1 is 1.58 bits per heavy atom. The molecule has 0 atom stereocenters. The summed E-state index contributed by atoms with van der Waals surface area (Å²) in [5, 5.41) is 3.42. The summed E-state index contributed by atoms with van der Waals surface area (Å²) in [7, 11) is 2.03. The van der Waals surface area contributed by atoms with Gasteiger partial charge in [0.2, 0.25) is 5.95 Å². The molecule has 0 aliphatic heterocycles. The Morgan fingerprint density at radius 3 is 2.75 bits per heavy atom. The molecule has 0 aromatic carbocycles. The molecule has 1 aliphatic rings. The van der Waals surface area contributed by atoms with Crippen molar-refractivity contribution in [1.82, 2.24) is 9.55 Å². The Kier molecular flexibility index (Phi) is 1.79. The van der Waals surface area contributed by atoms with Gasteiger partial charge in [-0.1, -0.05) is 0 Å². The second kappa shape index (κ2) is 2.81. The van der Waals surface area contributed by atoms with E-state index in [9.17, 15) is 0 Å². The van der Waals surface area contributed by atoms with Gasteiger partial charge in [-0.15, -0.1) is 0 Å². The van der Waals surface area contributed by atoms with Crippen LogP contribution in [-0.2, 0) is 7.05 Å². The first-order valence-corrected chi connectivity index (χ1v) is 4.52. The van der Waals surface area contributed by atoms with Crippen LogP contribution in [-0.4, -0.2) is 15.6 Å². The Balaban J connectivity index is 2.05. The van der Waals surface area contributed by atoms with Crippen LogP contribution in [0.15, 0.2) is 6.20 Å². The van der Waals surface area contributed by atoms with Crippen LogP contribution in [0.25, 0.3) is 0 Å². The SMILES string of the molecule is Cc1cn(C)c(NC2CCC2)n1. The largest absolute Gasteiger partial charge is 0.353 e. The lowest BCUT2D eigenvalue weighted by molar-refractivity contribution is 0.442. The van der Waals surface area contributed by atoms with E-state index in [4.69, 9.17) is 0 Å². The first-order chi connectivity index (χ1) is 5.75. The Hall–Kier alpha value is -0.990. The van der Waals surface area contributed by atoms with Gasteiger partial charge in [-0.25, -0.2) is 4.98 Å². The van der Waals surface area contributed by atoms with Crippen LogP contribution in [0.2, 0.25) is 0 Å². The van der Waals surface area contributed by atoms with Gasteiger partial charge in [0.15, 0.2) is 0 Å². The average molecular weight is 165 g/mol. The van der Waals surface area contributed by atoms with Crippen molar-refractivity contribution in [2.45, 2.75) is 32.2 Å². The van der Waals surface area contributed by atoms with Crippen LogP contribution in [0.1, 0.15) is 25.0 Å². The van der Waals surface area contributed by atoms with Crippen LogP contribution < -0.4 is 5.32 Å². The minimum absolute atomic E-state index is 0.672. The van der Waals surface area contributed by atoms with Crippen LogP contribution in [0.5, 0.6) is 0 Å². The van der Waals surface area contributed by atoms with Gasteiger partial charge < -0.3 is 9.88 Å². The fraction of sp³-hybridized carbons (Fsp3) is 0.667. The molecule has 1 heterocycles. The van der Waals surface area contributed by atoms with Crippen molar-refractivity contribution in [2.24, 2.45) is 7.05 Å². The average Bonchev–Trinajstić information content (AvgIpc) is 2.21. The standard InChI is InChI=1S/C9H15N3/c1-7-6-12(2)9(10-7)11-8-4-3-5-8/h6,8H,3-5H2,1-2H3,(H,10,11). The Morgan fingerprint density at radius 2 is 2.33 bits per heavy atom. The van der Waals surface area contributed by atoms with Crippen LogP contribution in [0.3, 0.4) is 0 Å². The molecular weight excluding hydrogens is 150 g/mol. The molecule has 0 radical (unpaired) electrons. The number of aryl methyl sites for hydroxylation is 2. The fourth-order valence-electron chi connectivity index (χ4n) is 1.49. The van der Waals surface area contributed by atoms with E-state index >= 15 is 0 Å². The monoisotopic (exact) mass is 165 g/mol. The van der Waals surface area contributed by atoms with E-state index in [2.05, 4.69) is 10.3 Å². The zero-order chi connectivity index (χ0) is 8.55. The number of hydrogen-bond donors (Lipinski definition) is 1. The number of nitrogens with zero attached hydrogens (tertiary/aromatic N) is 2. The van der Waals surface area contributed by atoms with E-state index in [0.717, 1.165) is 11.6 Å². The maximum Gasteiger partial charge on any atom is 0.202 e. The first kappa shape index (κ1) is 7.65. The summed E-state index contributed by atoms with van der Waals surface area (Å²) in [5.74, 6) is 1.01. The molecule has 0 unspecified atom stereocenters.